The summed E-state index contributed by atoms with van der Waals surface area (Å²) >= 11 is 1.41. The number of carbonyl (C=O) groups excluding carboxylic acids is 1. The summed E-state index contributed by atoms with van der Waals surface area (Å²) in [6.45, 7) is 3.41. The number of likely N-dealkylation sites (tertiary alicyclic amines) is 1. The number of fused-ring (bicyclic) bond motifs is 2. The molecule has 2 aliphatic heterocycles. The number of amides is 1. The van der Waals surface area contributed by atoms with Crippen molar-refractivity contribution < 1.29 is 4.79 Å². The monoisotopic (exact) mass is 438 g/mol. The van der Waals surface area contributed by atoms with E-state index in [4.69, 9.17) is 4.98 Å². The fraction of sp³-hybridized carbons (Fsp3) is 0.542. The smallest absolute Gasteiger partial charge is 0.264 e. The van der Waals surface area contributed by atoms with Crippen LogP contribution in [0.25, 0.3) is 10.2 Å². The van der Waals surface area contributed by atoms with E-state index in [0.717, 1.165) is 80.7 Å². The zero-order chi connectivity index (χ0) is 21.5. The van der Waals surface area contributed by atoms with Crippen LogP contribution in [0, 0.1) is 6.92 Å². The highest BCUT2D eigenvalue weighted by Gasteiger charge is 2.32. The van der Waals surface area contributed by atoms with Gasteiger partial charge in [-0.05, 0) is 50.3 Å². The molecule has 31 heavy (non-hydrogen) atoms. The fourth-order valence-electron chi connectivity index (χ4n) is 5.22. The van der Waals surface area contributed by atoms with Gasteiger partial charge < -0.3 is 9.47 Å². The molecule has 1 unspecified atom stereocenters. The highest BCUT2D eigenvalue weighted by Crippen LogP contribution is 2.35. The molecule has 164 valence electrons. The Hall–Kier alpha value is -2.41. The van der Waals surface area contributed by atoms with E-state index in [2.05, 4.69) is 10.6 Å². The summed E-state index contributed by atoms with van der Waals surface area (Å²) in [6, 6.07) is 4.25. The molecule has 1 saturated heterocycles. The van der Waals surface area contributed by atoms with Gasteiger partial charge in [0.1, 0.15) is 10.7 Å². The zero-order valence-corrected chi connectivity index (χ0v) is 19.2. The van der Waals surface area contributed by atoms with Crippen LogP contribution in [0.4, 0.5) is 0 Å². The van der Waals surface area contributed by atoms with Gasteiger partial charge in [0.25, 0.3) is 11.5 Å². The lowest BCUT2D eigenvalue weighted by Gasteiger charge is -2.30. The molecule has 0 saturated carbocycles. The number of carbonyl (C=O) groups is 1. The molecule has 5 heterocycles. The Kier molecular flexibility index (Phi) is 5.46. The lowest BCUT2D eigenvalue weighted by Crippen LogP contribution is -2.35. The van der Waals surface area contributed by atoms with Crippen LogP contribution in [0.15, 0.2) is 23.1 Å². The summed E-state index contributed by atoms with van der Waals surface area (Å²) < 4.78 is 3.97. The van der Waals surface area contributed by atoms with Crippen LogP contribution < -0.4 is 5.56 Å². The third-order valence-electron chi connectivity index (χ3n) is 6.94. The molecule has 1 atom stereocenters. The summed E-state index contributed by atoms with van der Waals surface area (Å²) in [5.74, 6) is 0.930. The molecule has 5 rings (SSSR count). The third-order valence-corrected chi connectivity index (χ3v) is 8.12. The lowest BCUT2D eigenvalue weighted by atomic mass is 10.1. The summed E-state index contributed by atoms with van der Waals surface area (Å²) in [5.41, 5.74) is 2.01. The molecular formula is C24H30N4O2S. The maximum absolute atomic E-state index is 13.8. The van der Waals surface area contributed by atoms with Crippen molar-refractivity contribution in [3.8, 4) is 0 Å². The Balaban J connectivity index is 1.58. The van der Waals surface area contributed by atoms with Gasteiger partial charge >= 0.3 is 0 Å². The minimum atomic E-state index is 0.0320. The van der Waals surface area contributed by atoms with Crippen molar-refractivity contribution in [1.29, 1.82) is 0 Å². The van der Waals surface area contributed by atoms with Crippen LogP contribution in [0.1, 0.15) is 77.7 Å². The highest BCUT2D eigenvalue weighted by molar-refractivity contribution is 7.20. The van der Waals surface area contributed by atoms with Crippen molar-refractivity contribution >= 4 is 27.5 Å². The van der Waals surface area contributed by atoms with Gasteiger partial charge in [0.15, 0.2) is 0 Å². The average molecular weight is 439 g/mol. The van der Waals surface area contributed by atoms with Gasteiger partial charge in [-0.2, -0.15) is 0 Å². The first-order chi connectivity index (χ1) is 15.1. The fourth-order valence-corrected chi connectivity index (χ4v) is 6.37. The number of nitrogens with zero attached hydrogens (tertiary/aromatic N) is 4. The van der Waals surface area contributed by atoms with Gasteiger partial charge in [-0.3, -0.25) is 14.2 Å². The first-order valence-electron chi connectivity index (χ1n) is 11.5. The second-order valence-electron chi connectivity index (χ2n) is 8.94. The molecule has 1 amide bonds. The molecule has 0 N–H and O–H groups in total. The number of aryl methyl sites for hydroxylation is 3. The van der Waals surface area contributed by atoms with E-state index in [1.807, 2.05) is 35.7 Å². The Morgan fingerprint density at radius 3 is 2.74 bits per heavy atom. The molecule has 6 nitrogen and oxygen atoms in total. The van der Waals surface area contributed by atoms with Crippen LogP contribution in [0.5, 0.6) is 0 Å². The Morgan fingerprint density at radius 1 is 1.13 bits per heavy atom. The number of hydrogen-bond donors (Lipinski definition) is 0. The molecule has 0 aromatic carbocycles. The van der Waals surface area contributed by atoms with E-state index in [9.17, 15) is 9.59 Å². The molecule has 7 heteroatoms. The topological polar surface area (TPSA) is 60.1 Å². The van der Waals surface area contributed by atoms with Crippen molar-refractivity contribution in [2.45, 2.75) is 70.9 Å². The van der Waals surface area contributed by atoms with E-state index in [-0.39, 0.29) is 17.5 Å². The van der Waals surface area contributed by atoms with Crippen molar-refractivity contribution in [3.63, 3.8) is 0 Å². The average Bonchev–Trinajstić information content (AvgIpc) is 3.11. The van der Waals surface area contributed by atoms with Gasteiger partial charge in [0, 0.05) is 38.4 Å². The van der Waals surface area contributed by atoms with Crippen LogP contribution in [-0.4, -0.2) is 31.5 Å². The third kappa shape index (κ3) is 3.53. The second-order valence-corrected chi connectivity index (χ2v) is 9.94. The molecule has 2 aliphatic rings. The quantitative estimate of drug-likeness (QED) is 0.588. The first-order valence-corrected chi connectivity index (χ1v) is 12.3. The summed E-state index contributed by atoms with van der Waals surface area (Å²) in [5, 5.41) is 0.643. The number of rotatable bonds is 2. The van der Waals surface area contributed by atoms with Gasteiger partial charge in [0.2, 0.25) is 0 Å². The second kappa shape index (κ2) is 8.26. The summed E-state index contributed by atoms with van der Waals surface area (Å²) in [4.78, 5) is 35.5. The molecule has 0 radical (unpaired) electrons. The standard InChI is InChI=1S/C24H30N4O2S/c1-16-20-22(25-19-12-6-4-8-15-28(19)23(20)29)31-21(16)24(30)27-14-7-3-5-10-18(27)17-11-9-13-26(17)2/h9,11,13,18H,3-8,10,12,14-15H2,1-2H3. The first kappa shape index (κ1) is 20.5. The molecular weight excluding hydrogens is 408 g/mol. The van der Waals surface area contributed by atoms with E-state index in [1.54, 1.807) is 0 Å². The predicted octanol–water partition coefficient (Wildman–Crippen LogP) is 4.59. The van der Waals surface area contributed by atoms with Crippen molar-refractivity contribution in [3.05, 3.63) is 50.6 Å². The van der Waals surface area contributed by atoms with Gasteiger partial charge in [-0.15, -0.1) is 11.3 Å². The molecule has 3 aromatic rings. The van der Waals surface area contributed by atoms with Crippen LogP contribution >= 0.6 is 11.3 Å². The Morgan fingerprint density at radius 2 is 1.94 bits per heavy atom. The van der Waals surface area contributed by atoms with Crippen molar-refractivity contribution in [2.75, 3.05) is 6.54 Å². The molecule has 0 aliphatic carbocycles. The molecule has 0 bridgehead atoms. The Labute approximate surface area is 186 Å². The maximum atomic E-state index is 13.8. The van der Waals surface area contributed by atoms with E-state index >= 15 is 0 Å². The van der Waals surface area contributed by atoms with Crippen LogP contribution in [0.2, 0.25) is 0 Å². The van der Waals surface area contributed by atoms with Gasteiger partial charge in [-0.1, -0.05) is 19.3 Å². The number of hydrogen-bond acceptors (Lipinski definition) is 4. The van der Waals surface area contributed by atoms with Gasteiger partial charge in [-0.25, -0.2) is 4.98 Å². The van der Waals surface area contributed by atoms with E-state index in [0.29, 0.717) is 10.3 Å². The van der Waals surface area contributed by atoms with Crippen LogP contribution in [0.3, 0.4) is 0 Å². The van der Waals surface area contributed by atoms with Crippen molar-refractivity contribution in [1.82, 2.24) is 19.0 Å². The number of aromatic nitrogens is 3. The number of thiophene rings is 1. The predicted molar refractivity (Wildman–Crippen MR) is 124 cm³/mol. The summed E-state index contributed by atoms with van der Waals surface area (Å²) in [7, 11) is 2.05. The van der Waals surface area contributed by atoms with E-state index in [1.165, 1.54) is 17.0 Å². The minimum absolute atomic E-state index is 0.0320. The molecule has 0 spiro atoms. The largest absolute Gasteiger partial charge is 0.353 e. The maximum Gasteiger partial charge on any atom is 0.264 e. The Bertz CT molecular complexity index is 1190. The SMILES string of the molecule is Cc1c(C(=O)N2CCCCCC2c2cccn2C)sc2nc3n(c(=O)c12)CCCCC3. The normalized spacial score (nSPS) is 19.8. The van der Waals surface area contributed by atoms with Crippen LogP contribution in [-0.2, 0) is 20.0 Å². The van der Waals surface area contributed by atoms with Crippen molar-refractivity contribution in [2.24, 2.45) is 7.05 Å². The molecule has 3 aromatic heterocycles. The zero-order valence-electron chi connectivity index (χ0n) is 18.4. The molecule has 1 fully saturated rings. The van der Waals surface area contributed by atoms with E-state index < -0.39 is 0 Å². The summed E-state index contributed by atoms with van der Waals surface area (Å²) in [6.07, 6.45) is 10.4. The minimum Gasteiger partial charge on any atom is -0.353 e. The highest BCUT2D eigenvalue weighted by atomic mass is 32.1. The van der Waals surface area contributed by atoms with Gasteiger partial charge in [0.05, 0.1) is 16.3 Å². The lowest BCUT2D eigenvalue weighted by molar-refractivity contribution is 0.0679.